The highest BCUT2D eigenvalue weighted by atomic mass is 35.5. The van der Waals surface area contributed by atoms with Crippen LogP contribution in [0, 0.1) is 5.82 Å². The minimum Gasteiger partial charge on any atom is -0.378 e. The summed E-state index contributed by atoms with van der Waals surface area (Å²) in [7, 11) is 0. The normalized spacial score (nSPS) is 13.8. The third-order valence-electron chi connectivity index (χ3n) is 6.10. The molecule has 0 bridgehead atoms. The first-order valence-corrected chi connectivity index (χ1v) is 12.4. The van der Waals surface area contributed by atoms with Gasteiger partial charge in [0.1, 0.15) is 0 Å². The number of benzene rings is 3. The lowest BCUT2D eigenvalue weighted by Crippen LogP contribution is -2.38. The molecule has 4 aromatic rings. The van der Waals surface area contributed by atoms with E-state index in [0.717, 1.165) is 6.07 Å². The fourth-order valence-corrected chi connectivity index (χ4v) is 4.40. The number of nitrogens with one attached hydrogen (secondary N) is 2. The van der Waals surface area contributed by atoms with Crippen LogP contribution in [-0.2, 0) is 10.9 Å². The first kappa shape index (κ1) is 27.3. The van der Waals surface area contributed by atoms with Crippen molar-refractivity contribution in [1.82, 2.24) is 9.97 Å². The summed E-state index contributed by atoms with van der Waals surface area (Å²) < 4.78 is 60.4. The van der Waals surface area contributed by atoms with Gasteiger partial charge in [0.25, 0.3) is 0 Å². The van der Waals surface area contributed by atoms with Crippen molar-refractivity contribution >= 4 is 51.6 Å². The van der Waals surface area contributed by atoms with Crippen molar-refractivity contribution in [3.63, 3.8) is 0 Å². The van der Waals surface area contributed by atoms with Gasteiger partial charge in [0.05, 0.1) is 46.1 Å². The molecule has 0 aliphatic carbocycles. The lowest BCUT2D eigenvalue weighted by Gasteiger charge is -2.29. The maximum Gasteiger partial charge on any atom is 0.417 e. The third-order valence-corrected chi connectivity index (χ3v) is 6.43. The number of urea groups is 1. The van der Waals surface area contributed by atoms with Crippen LogP contribution in [0.3, 0.4) is 0 Å². The van der Waals surface area contributed by atoms with Crippen molar-refractivity contribution in [2.24, 2.45) is 0 Å². The van der Waals surface area contributed by atoms with Crippen LogP contribution >= 0.6 is 11.6 Å². The maximum atomic E-state index is 15.6. The molecule has 40 heavy (non-hydrogen) atoms. The average molecular weight is 574 g/mol. The van der Waals surface area contributed by atoms with Gasteiger partial charge in [-0.25, -0.2) is 19.2 Å². The van der Waals surface area contributed by atoms with Crippen molar-refractivity contribution in [3.05, 3.63) is 88.3 Å². The van der Waals surface area contributed by atoms with E-state index in [1.807, 2.05) is 4.90 Å². The highest BCUT2D eigenvalue weighted by Crippen LogP contribution is 2.36. The average Bonchev–Trinajstić information content (AvgIpc) is 2.94. The van der Waals surface area contributed by atoms with E-state index in [0.29, 0.717) is 43.4 Å². The van der Waals surface area contributed by atoms with Gasteiger partial charge in [-0.05, 0) is 42.5 Å². The van der Waals surface area contributed by atoms with Crippen LogP contribution in [0.15, 0.2) is 60.7 Å². The second-order valence-electron chi connectivity index (χ2n) is 8.75. The van der Waals surface area contributed by atoms with Crippen molar-refractivity contribution in [2.45, 2.75) is 6.18 Å². The second-order valence-corrected chi connectivity index (χ2v) is 9.16. The zero-order valence-electron chi connectivity index (χ0n) is 20.6. The Morgan fingerprint density at radius 2 is 1.62 bits per heavy atom. The number of para-hydroxylation sites is 2. The lowest BCUT2D eigenvalue weighted by molar-refractivity contribution is -0.137. The number of hydrogen-bond acceptors (Lipinski definition) is 6. The molecular formula is C27H20ClF4N5O3. The van der Waals surface area contributed by atoms with Gasteiger partial charge in [-0.3, -0.25) is 4.79 Å². The number of halogens is 5. The van der Waals surface area contributed by atoms with Crippen LogP contribution in [-0.4, -0.2) is 48.1 Å². The molecule has 1 aliphatic heterocycles. The molecule has 5 rings (SSSR count). The predicted octanol–water partition coefficient (Wildman–Crippen LogP) is 6.15. The van der Waals surface area contributed by atoms with Crippen LogP contribution in [0.5, 0.6) is 0 Å². The summed E-state index contributed by atoms with van der Waals surface area (Å²) in [6.07, 6.45) is -4.74. The molecule has 1 aliphatic rings. The summed E-state index contributed by atoms with van der Waals surface area (Å²) in [6.45, 7) is 1.75. The molecule has 1 aromatic heterocycles. The minimum absolute atomic E-state index is 0.0676. The monoisotopic (exact) mass is 573 g/mol. The Kier molecular flexibility index (Phi) is 7.55. The minimum atomic E-state index is -4.74. The number of morpholine rings is 1. The number of fused-ring (bicyclic) bond motifs is 1. The van der Waals surface area contributed by atoms with Crippen LogP contribution in [0.2, 0.25) is 5.02 Å². The van der Waals surface area contributed by atoms with E-state index in [-0.39, 0.29) is 28.5 Å². The standard InChI is InChI=1S/C27H20ClF4N5O3/c28-18-9-8-15(14-17(18)27(30,31)32)33-26(39)36-21-7-3-4-16(22(21)29)24(38)23-25(37-10-12-40-13-11-37)35-20-6-2-1-5-19(20)34-23/h1-9,14H,10-13H2,(H2,33,36,39). The molecule has 0 radical (unpaired) electrons. The zero-order chi connectivity index (χ0) is 28.4. The molecule has 0 spiro atoms. The number of amides is 2. The van der Waals surface area contributed by atoms with E-state index in [2.05, 4.69) is 20.6 Å². The van der Waals surface area contributed by atoms with E-state index in [9.17, 15) is 22.8 Å². The summed E-state index contributed by atoms with van der Waals surface area (Å²) in [6, 6.07) is 12.6. The van der Waals surface area contributed by atoms with Gasteiger partial charge in [-0.15, -0.1) is 0 Å². The molecule has 0 unspecified atom stereocenters. The largest absolute Gasteiger partial charge is 0.417 e. The van der Waals surface area contributed by atoms with Gasteiger partial charge in [-0.1, -0.05) is 29.8 Å². The molecule has 1 saturated heterocycles. The summed E-state index contributed by atoms with van der Waals surface area (Å²) >= 11 is 5.61. The molecular weight excluding hydrogens is 554 g/mol. The van der Waals surface area contributed by atoms with E-state index < -0.39 is 34.4 Å². The Balaban J connectivity index is 1.43. The number of ketones is 1. The van der Waals surface area contributed by atoms with Crippen molar-refractivity contribution in [3.8, 4) is 0 Å². The van der Waals surface area contributed by atoms with E-state index in [1.165, 1.54) is 24.3 Å². The molecule has 2 N–H and O–H groups in total. The number of rotatable bonds is 5. The van der Waals surface area contributed by atoms with Crippen LogP contribution < -0.4 is 15.5 Å². The molecule has 8 nitrogen and oxygen atoms in total. The Bertz CT molecular complexity index is 1610. The van der Waals surface area contributed by atoms with E-state index in [4.69, 9.17) is 16.3 Å². The highest BCUT2D eigenvalue weighted by molar-refractivity contribution is 6.31. The van der Waals surface area contributed by atoms with Gasteiger partial charge >= 0.3 is 12.2 Å². The van der Waals surface area contributed by atoms with Crippen LogP contribution in [0.1, 0.15) is 21.6 Å². The Morgan fingerprint density at radius 1 is 0.925 bits per heavy atom. The second kappa shape index (κ2) is 11.1. The first-order chi connectivity index (χ1) is 19.1. The third kappa shape index (κ3) is 5.68. The number of carbonyl (C=O) groups excluding carboxylic acids is 2. The summed E-state index contributed by atoms with van der Waals surface area (Å²) in [4.78, 5) is 37.1. The topological polar surface area (TPSA) is 96.5 Å². The number of anilines is 3. The molecule has 13 heteroatoms. The number of carbonyl (C=O) groups is 2. The fraction of sp³-hybridized carbons (Fsp3) is 0.185. The highest BCUT2D eigenvalue weighted by Gasteiger charge is 2.33. The van der Waals surface area contributed by atoms with Gasteiger partial charge in [0.2, 0.25) is 5.78 Å². The Hall–Kier alpha value is -4.29. The van der Waals surface area contributed by atoms with Crippen molar-refractivity contribution in [2.75, 3.05) is 41.8 Å². The van der Waals surface area contributed by atoms with Crippen molar-refractivity contribution in [1.29, 1.82) is 0 Å². The molecule has 0 saturated carbocycles. The smallest absolute Gasteiger partial charge is 0.378 e. The number of ether oxygens (including phenoxy) is 1. The Morgan fingerprint density at radius 3 is 2.33 bits per heavy atom. The van der Waals surface area contributed by atoms with Gasteiger partial charge in [0.15, 0.2) is 17.3 Å². The number of aromatic nitrogens is 2. The van der Waals surface area contributed by atoms with Crippen LogP contribution in [0.25, 0.3) is 11.0 Å². The summed E-state index contributed by atoms with van der Waals surface area (Å²) in [5, 5.41) is 3.90. The van der Waals surface area contributed by atoms with Crippen LogP contribution in [0.4, 0.5) is 39.5 Å². The van der Waals surface area contributed by atoms with E-state index >= 15 is 4.39 Å². The molecule has 2 amide bonds. The maximum absolute atomic E-state index is 15.6. The number of nitrogens with zero attached hydrogens (tertiary/aromatic N) is 3. The quantitative estimate of drug-likeness (QED) is 0.219. The predicted molar refractivity (Wildman–Crippen MR) is 141 cm³/mol. The number of alkyl halides is 3. The first-order valence-electron chi connectivity index (χ1n) is 12.0. The zero-order valence-corrected chi connectivity index (χ0v) is 21.3. The lowest BCUT2D eigenvalue weighted by atomic mass is 10.1. The molecule has 0 atom stereocenters. The molecule has 206 valence electrons. The van der Waals surface area contributed by atoms with Crippen molar-refractivity contribution < 1.29 is 31.9 Å². The fourth-order valence-electron chi connectivity index (χ4n) is 4.18. The van der Waals surface area contributed by atoms with Gasteiger partial charge in [0, 0.05) is 18.8 Å². The van der Waals surface area contributed by atoms with Gasteiger partial charge < -0.3 is 20.3 Å². The van der Waals surface area contributed by atoms with E-state index in [1.54, 1.807) is 24.3 Å². The molecule has 2 heterocycles. The number of hydrogen-bond donors (Lipinski definition) is 2. The summed E-state index contributed by atoms with van der Waals surface area (Å²) in [5.74, 6) is -1.52. The Labute approximate surface area is 229 Å². The van der Waals surface area contributed by atoms with Gasteiger partial charge in [-0.2, -0.15) is 13.2 Å². The SMILES string of the molecule is O=C(Nc1ccc(Cl)c(C(F)(F)F)c1)Nc1cccc(C(=O)c2nc3ccccc3nc2N2CCOCC2)c1F. The summed E-state index contributed by atoms with van der Waals surface area (Å²) in [5.41, 5.74) is -1.16. The molecule has 1 fully saturated rings. The molecule has 3 aromatic carbocycles.